The van der Waals surface area contributed by atoms with Crippen LogP contribution in [-0.2, 0) is 14.3 Å². The van der Waals surface area contributed by atoms with E-state index in [0.29, 0.717) is 35.1 Å². The van der Waals surface area contributed by atoms with Crippen molar-refractivity contribution in [3.63, 3.8) is 0 Å². The molecule has 11 heteroatoms. The quantitative estimate of drug-likeness (QED) is 0.467. The van der Waals surface area contributed by atoms with Crippen molar-refractivity contribution in [3.05, 3.63) is 58.6 Å². The molecule has 0 radical (unpaired) electrons. The fraction of sp³-hybridized carbons (Fsp3) is 0.417. The van der Waals surface area contributed by atoms with Gasteiger partial charge in [0.25, 0.3) is 0 Å². The minimum Gasteiger partial charge on any atom is -0.469 e. The zero-order valence-electron chi connectivity index (χ0n) is 20.3. The Morgan fingerprint density at radius 3 is 2.03 bits per heavy atom. The summed E-state index contributed by atoms with van der Waals surface area (Å²) in [4.78, 5) is 27.9. The lowest BCUT2D eigenvalue weighted by Gasteiger charge is -2.42. The highest BCUT2D eigenvalue weighted by molar-refractivity contribution is 6.58. The van der Waals surface area contributed by atoms with Crippen molar-refractivity contribution in [2.75, 3.05) is 31.6 Å². The van der Waals surface area contributed by atoms with E-state index in [-0.39, 0.29) is 24.5 Å². The summed E-state index contributed by atoms with van der Waals surface area (Å²) in [5, 5.41) is 18.5. The Labute approximate surface area is 216 Å². The van der Waals surface area contributed by atoms with E-state index in [0.717, 1.165) is 5.69 Å². The molecule has 190 valence electrons. The minimum atomic E-state index is -1.41. The van der Waals surface area contributed by atoms with Crippen LogP contribution in [0.3, 0.4) is 0 Å². The molecule has 0 aliphatic carbocycles. The SMILES string of the molecule is COC(=O)CC1CN(C(=O)OC(C)(C)C)CCN1c1ccc(Cl)cc1.OB(O)c1ccc(Cl)cc1. The van der Waals surface area contributed by atoms with Crippen molar-refractivity contribution in [1.82, 2.24) is 4.90 Å². The van der Waals surface area contributed by atoms with Crippen LogP contribution in [0.15, 0.2) is 48.5 Å². The third kappa shape index (κ3) is 9.60. The van der Waals surface area contributed by atoms with Gasteiger partial charge >= 0.3 is 19.2 Å². The van der Waals surface area contributed by atoms with E-state index in [2.05, 4.69) is 4.90 Å². The number of hydrogen-bond acceptors (Lipinski definition) is 7. The summed E-state index contributed by atoms with van der Waals surface area (Å²) in [7, 11) is -0.0408. The number of hydrogen-bond donors (Lipinski definition) is 2. The predicted octanol–water partition coefficient (Wildman–Crippen LogP) is 3.35. The Hall–Kier alpha value is -2.46. The van der Waals surface area contributed by atoms with Gasteiger partial charge in [-0.2, -0.15) is 0 Å². The largest absolute Gasteiger partial charge is 0.488 e. The predicted molar refractivity (Wildman–Crippen MR) is 138 cm³/mol. The van der Waals surface area contributed by atoms with Gasteiger partial charge in [0.2, 0.25) is 0 Å². The third-order valence-corrected chi connectivity index (χ3v) is 5.59. The summed E-state index contributed by atoms with van der Waals surface area (Å²) in [6, 6.07) is 13.6. The van der Waals surface area contributed by atoms with E-state index in [9.17, 15) is 9.59 Å². The number of ether oxygens (including phenoxy) is 2. The Bertz CT molecular complexity index is 967. The molecule has 1 aliphatic heterocycles. The molecule has 2 aromatic rings. The summed E-state index contributed by atoms with van der Waals surface area (Å²) in [5.74, 6) is -0.310. The maximum Gasteiger partial charge on any atom is 0.488 e. The molecule has 0 aromatic heterocycles. The summed E-state index contributed by atoms with van der Waals surface area (Å²) in [5.41, 5.74) is 0.856. The number of amides is 1. The number of halogens is 2. The minimum absolute atomic E-state index is 0.185. The van der Waals surface area contributed by atoms with Gasteiger partial charge in [-0.25, -0.2) is 4.79 Å². The van der Waals surface area contributed by atoms with E-state index in [1.54, 1.807) is 29.2 Å². The molecule has 1 amide bonds. The number of carbonyl (C=O) groups excluding carboxylic acids is 2. The molecule has 2 aromatic carbocycles. The molecule has 1 heterocycles. The van der Waals surface area contributed by atoms with Crippen LogP contribution in [0.2, 0.25) is 10.0 Å². The van der Waals surface area contributed by atoms with Crippen LogP contribution in [0.25, 0.3) is 0 Å². The fourth-order valence-electron chi connectivity index (χ4n) is 3.41. The van der Waals surface area contributed by atoms with Gasteiger partial charge in [-0.1, -0.05) is 35.3 Å². The zero-order chi connectivity index (χ0) is 26.2. The van der Waals surface area contributed by atoms with Gasteiger partial charge in [0.15, 0.2) is 0 Å². The van der Waals surface area contributed by atoms with E-state index >= 15 is 0 Å². The molecule has 1 saturated heterocycles. The van der Waals surface area contributed by atoms with Crippen molar-refractivity contribution in [3.8, 4) is 0 Å². The highest BCUT2D eigenvalue weighted by atomic mass is 35.5. The summed E-state index contributed by atoms with van der Waals surface area (Å²) in [6.45, 7) is 7.02. The Morgan fingerprint density at radius 1 is 1.00 bits per heavy atom. The number of anilines is 1. The molecule has 0 bridgehead atoms. The second-order valence-electron chi connectivity index (χ2n) is 8.96. The van der Waals surface area contributed by atoms with E-state index in [1.165, 1.54) is 7.11 Å². The van der Waals surface area contributed by atoms with Crippen LogP contribution in [0.5, 0.6) is 0 Å². The van der Waals surface area contributed by atoms with Crippen molar-refractivity contribution >= 4 is 53.5 Å². The number of benzene rings is 2. The van der Waals surface area contributed by atoms with Gasteiger partial charge in [-0.3, -0.25) is 4.79 Å². The first kappa shape index (κ1) is 28.8. The van der Waals surface area contributed by atoms with Gasteiger partial charge in [-0.15, -0.1) is 0 Å². The van der Waals surface area contributed by atoms with E-state index < -0.39 is 12.7 Å². The highest BCUT2D eigenvalue weighted by Crippen LogP contribution is 2.25. The number of rotatable bonds is 4. The van der Waals surface area contributed by atoms with E-state index in [1.807, 2.05) is 45.0 Å². The molecule has 1 aliphatic rings. The molecule has 3 rings (SSSR count). The monoisotopic (exact) mass is 524 g/mol. The van der Waals surface area contributed by atoms with Crippen LogP contribution in [-0.4, -0.2) is 72.5 Å². The molecular formula is C24H31BCl2N2O6. The molecule has 8 nitrogen and oxygen atoms in total. The lowest BCUT2D eigenvalue weighted by Crippen LogP contribution is -2.56. The van der Waals surface area contributed by atoms with Crippen molar-refractivity contribution in [2.45, 2.75) is 38.8 Å². The molecule has 0 saturated carbocycles. The Kier molecular flexibility index (Phi) is 10.7. The maximum absolute atomic E-state index is 12.4. The smallest absolute Gasteiger partial charge is 0.469 e. The first-order chi connectivity index (χ1) is 16.4. The topological polar surface area (TPSA) is 99.5 Å². The Balaban J connectivity index is 0.000000360. The standard InChI is InChI=1S/C18H25ClN2O4.C6H6BClO2/c1-18(2,3)25-17(23)20-9-10-21(14-7-5-13(19)6-8-14)15(12-20)11-16(22)24-4;8-6-3-1-5(2-4-6)7(9)10/h5-8,15H,9-12H2,1-4H3;1-4,9-10H. The van der Waals surface area contributed by atoms with Gasteiger partial charge < -0.3 is 29.3 Å². The first-order valence-electron chi connectivity index (χ1n) is 11.1. The summed E-state index contributed by atoms with van der Waals surface area (Å²) in [6.07, 6.45) is -0.170. The molecule has 1 unspecified atom stereocenters. The van der Waals surface area contributed by atoms with E-state index in [4.69, 9.17) is 42.7 Å². The van der Waals surface area contributed by atoms with Crippen LogP contribution < -0.4 is 10.4 Å². The second kappa shape index (κ2) is 13.0. The van der Waals surface area contributed by atoms with Gasteiger partial charge in [0.1, 0.15) is 5.60 Å². The van der Waals surface area contributed by atoms with Crippen LogP contribution in [0, 0.1) is 0 Å². The lowest BCUT2D eigenvalue weighted by molar-refractivity contribution is -0.141. The third-order valence-electron chi connectivity index (χ3n) is 5.09. The number of esters is 1. The molecule has 35 heavy (non-hydrogen) atoms. The number of carbonyl (C=O) groups is 2. The van der Waals surface area contributed by atoms with Gasteiger partial charge in [0.05, 0.1) is 19.6 Å². The average Bonchev–Trinajstić information content (AvgIpc) is 2.79. The average molecular weight is 525 g/mol. The van der Waals surface area contributed by atoms with Crippen molar-refractivity contribution < 1.29 is 29.1 Å². The fourth-order valence-corrected chi connectivity index (χ4v) is 3.66. The van der Waals surface area contributed by atoms with Crippen LogP contribution in [0.4, 0.5) is 10.5 Å². The van der Waals surface area contributed by atoms with Gasteiger partial charge in [0, 0.05) is 35.4 Å². The van der Waals surface area contributed by atoms with Gasteiger partial charge in [-0.05, 0) is 62.6 Å². The van der Waals surface area contributed by atoms with Crippen LogP contribution >= 0.6 is 23.2 Å². The molecular weight excluding hydrogens is 494 g/mol. The Morgan fingerprint density at radius 2 is 1.54 bits per heavy atom. The first-order valence-corrected chi connectivity index (χ1v) is 11.8. The number of methoxy groups -OCH3 is 1. The molecule has 1 fully saturated rings. The maximum atomic E-state index is 12.4. The summed E-state index contributed by atoms with van der Waals surface area (Å²) >= 11 is 11.5. The zero-order valence-corrected chi connectivity index (χ0v) is 21.8. The molecule has 1 atom stereocenters. The van der Waals surface area contributed by atoms with Crippen LogP contribution in [0.1, 0.15) is 27.2 Å². The molecule has 0 spiro atoms. The molecule has 2 N–H and O–H groups in total. The highest BCUT2D eigenvalue weighted by Gasteiger charge is 2.33. The number of piperazine rings is 1. The lowest BCUT2D eigenvalue weighted by atomic mass is 9.81. The summed E-state index contributed by atoms with van der Waals surface area (Å²) < 4.78 is 10.3. The van der Waals surface area contributed by atoms with Crippen molar-refractivity contribution in [2.24, 2.45) is 0 Å². The second-order valence-corrected chi connectivity index (χ2v) is 9.83. The number of nitrogens with zero attached hydrogens (tertiary/aromatic N) is 2. The normalized spacial score (nSPS) is 15.6. The van der Waals surface area contributed by atoms with Crippen molar-refractivity contribution in [1.29, 1.82) is 0 Å².